The van der Waals surface area contributed by atoms with Gasteiger partial charge in [-0.25, -0.2) is 4.79 Å². The minimum atomic E-state index is -0.985. The summed E-state index contributed by atoms with van der Waals surface area (Å²) in [5.41, 5.74) is 1.47. The maximum atomic E-state index is 12.3. The standard InChI is InChI=1S/C20H22N2O4/c23-19(15-26-18-8-6-17(7-9-18)20(24)25)22-12-10-21(11-13-22)14-16-4-2-1-3-5-16/h1-9H,10-15H2,(H,24,25). The quantitative estimate of drug-likeness (QED) is 0.860. The first kappa shape index (κ1) is 17.9. The van der Waals surface area contributed by atoms with E-state index >= 15 is 0 Å². The fourth-order valence-corrected chi connectivity index (χ4v) is 2.93. The van der Waals surface area contributed by atoms with Crippen molar-refractivity contribution in [2.45, 2.75) is 6.54 Å². The molecule has 0 aromatic heterocycles. The van der Waals surface area contributed by atoms with E-state index in [1.54, 1.807) is 12.1 Å². The van der Waals surface area contributed by atoms with Crippen molar-refractivity contribution in [3.05, 3.63) is 65.7 Å². The third kappa shape index (κ3) is 4.83. The maximum Gasteiger partial charge on any atom is 0.335 e. The molecule has 0 aliphatic carbocycles. The summed E-state index contributed by atoms with van der Waals surface area (Å²) in [5, 5.41) is 8.87. The van der Waals surface area contributed by atoms with Gasteiger partial charge in [0.05, 0.1) is 5.56 Å². The predicted molar refractivity (Wildman–Crippen MR) is 97.2 cm³/mol. The van der Waals surface area contributed by atoms with Gasteiger partial charge >= 0.3 is 5.97 Å². The van der Waals surface area contributed by atoms with Crippen LogP contribution < -0.4 is 4.74 Å². The molecule has 2 aromatic carbocycles. The number of carboxylic acids is 1. The summed E-state index contributed by atoms with van der Waals surface area (Å²) in [6.07, 6.45) is 0. The average Bonchev–Trinajstić information content (AvgIpc) is 2.68. The van der Waals surface area contributed by atoms with Crippen LogP contribution in [0.25, 0.3) is 0 Å². The SMILES string of the molecule is O=C(O)c1ccc(OCC(=O)N2CCN(Cc3ccccc3)CC2)cc1. The first-order valence-electron chi connectivity index (χ1n) is 8.62. The molecule has 0 bridgehead atoms. The van der Waals surface area contributed by atoms with Crippen LogP contribution in [0.4, 0.5) is 0 Å². The molecule has 1 N–H and O–H groups in total. The fourth-order valence-electron chi connectivity index (χ4n) is 2.93. The van der Waals surface area contributed by atoms with E-state index in [-0.39, 0.29) is 18.1 Å². The number of piperazine rings is 1. The van der Waals surface area contributed by atoms with Gasteiger partial charge in [0.2, 0.25) is 0 Å². The molecule has 0 radical (unpaired) electrons. The number of benzene rings is 2. The number of ether oxygens (including phenoxy) is 1. The van der Waals surface area contributed by atoms with Crippen LogP contribution in [0, 0.1) is 0 Å². The number of amides is 1. The molecule has 0 saturated carbocycles. The molecular formula is C20H22N2O4. The normalized spacial score (nSPS) is 14.8. The molecule has 1 saturated heterocycles. The lowest BCUT2D eigenvalue weighted by Gasteiger charge is -2.34. The Kier molecular flexibility index (Phi) is 5.86. The molecule has 1 aliphatic rings. The third-order valence-corrected chi connectivity index (χ3v) is 4.44. The number of rotatable bonds is 6. The van der Waals surface area contributed by atoms with Crippen molar-refractivity contribution in [3.8, 4) is 5.75 Å². The molecule has 6 heteroatoms. The third-order valence-electron chi connectivity index (χ3n) is 4.44. The minimum Gasteiger partial charge on any atom is -0.484 e. The lowest BCUT2D eigenvalue weighted by molar-refractivity contribution is -0.135. The number of carbonyl (C=O) groups excluding carboxylic acids is 1. The number of carbonyl (C=O) groups is 2. The van der Waals surface area contributed by atoms with Gasteiger partial charge in [-0.1, -0.05) is 30.3 Å². The van der Waals surface area contributed by atoms with Gasteiger partial charge < -0.3 is 14.7 Å². The highest BCUT2D eigenvalue weighted by Gasteiger charge is 2.21. The molecule has 2 aromatic rings. The summed E-state index contributed by atoms with van der Waals surface area (Å²) >= 11 is 0. The molecule has 0 unspecified atom stereocenters. The van der Waals surface area contributed by atoms with E-state index in [1.165, 1.54) is 17.7 Å². The summed E-state index contributed by atoms with van der Waals surface area (Å²) in [6.45, 7) is 3.92. The smallest absolute Gasteiger partial charge is 0.335 e. The zero-order valence-electron chi connectivity index (χ0n) is 14.5. The van der Waals surface area contributed by atoms with E-state index in [0.29, 0.717) is 18.8 Å². The van der Waals surface area contributed by atoms with Crippen LogP contribution in [0.1, 0.15) is 15.9 Å². The molecule has 1 fully saturated rings. The van der Waals surface area contributed by atoms with E-state index in [1.807, 2.05) is 23.1 Å². The summed E-state index contributed by atoms with van der Waals surface area (Å²) in [4.78, 5) is 27.3. The van der Waals surface area contributed by atoms with Gasteiger partial charge in [-0.3, -0.25) is 9.69 Å². The second-order valence-electron chi connectivity index (χ2n) is 6.26. The van der Waals surface area contributed by atoms with Crippen LogP contribution in [0.2, 0.25) is 0 Å². The summed E-state index contributed by atoms with van der Waals surface area (Å²) in [5.74, 6) is -0.543. The summed E-state index contributed by atoms with van der Waals surface area (Å²) in [6, 6.07) is 16.4. The summed E-state index contributed by atoms with van der Waals surface area (Å²) < 4.78 is 5.48. The Morgan fingerprint density at radius 3 is 2.19 bits per heavy atom. The van der Waals surface area contributed by atoms with Crippen LogP contribution in [0.5, 0.6) is 5.75 Å². The van der Waals surface area contributed by atoms with Gasteiger partial charge in [-0.05, 0) is 29.8 Å². The zero-order chi connectivity index (χ0) is 18.4. The number of hydrogen-bond donors (Lipinski definition) is 1. The predicted octanol–water partition coefficient (Wildman–Crippen LogP) is 2.11. The van der Waals surface area contributed by atoms with Crippen molar-refractivity contribution < 1.29 is 19.4 Å². The van der Waals surface area contributed by atoms with Crippen LogP contribution in [-0.4, -0.2) is 59.6 Å². The Morgan fingerprint density at radius 2 is 1.58 bits per heavy atom. The van der Waals surface area contributed by atoms with Crippen molar-refractivity contribution >= 4 is 11.9 Å². The van der Waals surface area contributed by atoms with Crippen molar-refractivity contribution in [2.75, 3.05) is 32.8 Å². The maximum absolute atomic E-state index is 12.3. The number of aromatic carboxylic acids is 1. The van der Waals surface area contributed by atoms with Gasteiger partial charge in [-0.15, -0.1) is 0 Å². The van der Waals surface area contributed by atoms with E-state index < -0.39 is 5.97 Å². The second kappa shape index (κ2) is 8.49. The first-order valence-corrected chi connectivity index (χ1v) is 8.62. The van der Waals surface area contributed by atoms with Crippen LogP contribution in [-0.2, 0) is 11.3 Å². The molecule has 3 rings (SSSR count). The van der Waals surface area contributed by atoms with Crippen LogP contribution in [0.15, 0.2) is 54.6 Å². The fraction of sp³-hybridized carbons (Fsp3) is 0.300. The highest BCUT2D eigenvalue weighted by molar-refractivity contribution is 5.87. The van der Waals surface area contributed by atoms with Gasteiger partial charge in [0.15, 0.2) is 6.61 Å². The van der Waals surface area contributed by atoms with Gasteiger partial charge in [0.1, 0.15) is 5.75 Å². The molecule has 1 amide bonds. The zero-order valence-corrected chi connectivity index (χ0v) is 14.5. The highest BCUT2D eigenvalue weighted by Crippen LogP contribution is 2.13. The van der Waals surface area contributed by atoms with Gasteiger partial charge in [0.25, 0.3) is 5.91 Å². The molecule has 6 nitrogen and oxygen atoms in total. The van der Waals surface area contributed by atoms with Crippen molar-refractivity contribution in [1.29, 1.82) is 0 Å². The van der Waals surface area contributed by atoms with Gasteiger partial charge in [-0.2, -0.15) is 0 Å². The largest absolute Gasteiger partial charge is 0.484 e. The molecule has 136 valence electrons. The molecule has 0 spiro atoms. The number of nitrogens with zero attached hydrogens (tertiary/aromatic N) is 2. The van der Waals surface area contributed by atoms with Crippen LogP contribution >= 0.6 is 0 Å². The Morgan fingerprint density at radius 1 is 0.923 bits per heavy atom. The van der Waals surface area contributed by atoms with E-state index in [2.05, 4.69) is 17.0 Å². The summed E-state index contributed by atoms with van der Waals surface area (Å²) in [7, 11) is 0. The lowest BCUT2D eigenvalue weighted by Crippen LogP contribution is -2.49. The Balaban J connectivity index is 1.42. The minimum absolute atomic E-state index is 0.0366. The van der Waals surface area contributed by atoms with Gasteiger partial charge in [0, 0.05) is 32.7 Å². The van der Waals surface area contributed by atoms with E-state index in [4.69, 9.17) is 9.84 Å². The monoisotopic (exact) mass is 354 g/mol. The second-order valence-corrected chi connectivity index (χ2v) is 6.26. The Hall–Kier alpha value is -2.86. The first-order chi connectivity index (χ1) is 12.6. The van der Waals surface area contributed by atoms with Crippen LogP contribution in [0.3, 0.4) is 0 Å². The lowest BCUT2D eigenvalue weighted by atomic mass is 10.2. The molecule has 0 atom stereocenters. The van der Waals surface area contributed by atoms with Crippen molar-refractivity contribution in [2.24, 2.45) is 0 Å². The Bertz CT molecular complexity index is 738. The molecule has 1 aliphatic heterocycles. The molecular weight excluding hydrogens is 332 g/mol. The van der Waals surface area contributed by atoms with Crippen molar-refractivity contribution in [3.63, 3.8) is 0 Å². The number of hydrogen-bond acceptors (Lipinski definition) is 4. The highest BCUT2D eigenvalue weighted by atomic mass is 16.5. The topological polar surface area (TPSA) is 70.1 Å². The molecule has 1 heterocycles. The van der Waals surface area contributed by atoms with E-state index in [0.717, 1.165) is 19.6 Å². The number of carboxylic acid groups (broad SMARTS) is 1. The van der Waals surface area contributed by atoms with E-state index in [9.17, 15) is 9.59 Å². The molecule has 26 heavy (non-hydrogen) atoms. The Labute approximate surface area is 152 Å². The van der Waals surface area contributed by atoms with Crippen molar-refractivity contribution in [1.82, 2.24) is 9.80 Å². The average molecular weight is 354 g/mol.